The van der Waals surface area contributed by atoms with E-state index in [-0.39, 0.29) is 11.9 Å². The van der Waals surface area contributed by atoms with E-state index in [0.29, 0.717) is 11.5 Å². The molecule has 0 aliphatic heterocycles. The van der Waals surface area contributed by atoms with Gasteiger partial charge in [-0.1, -0.05) is 18.9 Å². The largest absolute Gasteiger partial charge is 0.343 e. The third-order valence-electron chi connectivity index (χ3n) is 4.15. The Kier molecular flexibility index (Phi) is 4.42. The van der Waals surface area contributed by atoms with Crippen molar-refractivity contribution in [2.75, 3.05) is 0 Å². The van der Waals surface area contributed by atoms with Crippen LogP contribution >= 0.6 is 0 Å². The first-order valence-electron chi connectivity index (χ1n) is 7.57. The molecule has 114 valence electrons. The molecule has 0 radical (unpaired) electrons. The van der Waals surface area contributed by atoms with Crippen LogP contribution in [0.25, 0.3) is 0 Å². The first-order valence-corrected chi connectivity index (χ1v) is 7.57. The van der Waals surface area contributed by atoms with Crippen LogP contribution in [-0.4, -0.2) is 15.9 Å². The fourth-order valence-electron chi connectivity index (χ4n) is 3.02. The summed E-state index contributed by atoms with van der Waals surface area (Å²) in [5.74, 6) is -0.434. The molecule has 1 fully saturated rings. The molecule has 5 heteroatoms. The summed E-state index contributed by atoms with van der Waals surface area (Å²) in [6.07, 6.45) is 7.54. The number of nitrogens with zero attached hydrogens (tertiary/aromatic N) is 2. The molecule has 1 amide bonds. The summed E-state index contributed by atoms with van der Waals surface area (Å²) in [5.41, 5.74) is 1.23. The quantitative estimate of drug-likeness (QED) is 0.881. The van der Waals surface area contributed by atoms with Gasteiger partial charge in [0.25, 0.3) is 5.91 Å². The van der Waals surface area contributed by atoms with Gasteiger partial charge in [0, 0.05) is 12.4 Å². The average molecular weight is 299 g/mol. The van der Waals surface area contributed by atoms with E-state index in [1.807, 2.05) is 18.2 Å². The Hall–Kier alpha value is -2.30. The topological polar surface area (TPSA) is 54.9 Å². The second kappa shape index (κ2) is 6.64. The first kappa shape index (κ1) is 14.6. The molecule has 0 bridgehead atoms. The lowest BCUT2D eigenvalue weighted by Gasteiger charge is -2.24. The predicted octanol–water partition coefficient (Wildman–Crippen LogP) is 3.28. The van der Waals surface area contributed by atoms with Crippen molar-refractivity contribution in [3.05, 3.63) is 59.9 Å². The van der Waals surface area contributed by atoms with Gasteiger partial charge in [0.15, 0.2) is 0 Å². The van der Waals surface area contributed by atoms with Crippen LogP contribution in [0.5, 0.6) is 0 Å². The van der Waals surface area contributed by atoms with Crippen molar-refractivity contribution < 1.29 is 9.18 Å². The Morgan fingerprint density at radius 1 is 1.18 bits per heavy atom. The van der Waals surface area contributed by atoms with Crippen LogP contribution in [-0.2, 0) is 0 Å². The number of carbonyl (C=O) groups is 1. The van der Waals surface area contributed by atoms with Crippen molar-refractivity contribution in [1.82, 2.24) is 15.3 Å². The molecule has 1 saturated carbocycles. The van der Waals surface area contributed by atoms with E-state index in [1.165, 1.54) is 31.2 Å². The number of hydrogen-bond acceptors (Lipinski definition) is 3. The molecule has 0 unspecified atom stereocenters. The zero-order valence-corrected chi connectivity index (χ0v) is 12.2. The monoisotopic (exact) mass is 299 g/mol. The number of rotatable bonds is 4. The molecule has 0 spiro atoms. The second-order valence-corrected chi connectivity index (χ2v) is 5.62. The molecule has 4 nitrogen and oxygen atoms in total. The smallest absolute Gasteiger partial charge is 0.253 e. The van der Waals surface area contributed by atoms with Crippen molar-refractivity contribution in [3.8, 4) is 0 Å². The van der Waals surface area contributed by atoms with Gasteiger partial charge in [0.1, 0.15) is 0 Å². The van der Waals surface area contributed by atoms with Gasteiger partial charge in [-0.3, -0.25) is 9.78 Å². The molecule has 1 aliphatic carbocycles. The molecular weight excluding hydrogens is 281 g/mol. The Bertz CT molecular complexity index is 624. The summed E-state index contributed by atoms with van der Waals surface area (Å²) in [5, 5.41) is 3.05. The highest BCUT2D eigenvalue weighted by molar-refractivity contribution is 5.94. The van der Waals surface area contributed by atoms with E-state index in [4.69, 9.17) is 0 Å². The SMILES string of the molecule is O=C(N[C@H](c1ccccn1)C1CCCC1)c1ccc(F)nc1. The van der Waals surface area contributed by atoms with Crippen LogP contribution in [0.15, 0.2) is 42.7 Å². The van der Waals surface area contributed by atoms with Gasteiger partial charge in [-0.25, -0.2) is 4.98 Å². The Morgan fingerprint density at radius 3 is 2.64 bits per heavy atom. The van der Waals surface area contributed by atoms with Crippen LogP contribution in [0.3, 0.4) is 0 Å². The number of hydrogen-bond donors (Lipinski definition) is 1. The van der Waals surface area contributed by atoms with Crippen LogP contribution in [0, 0.1) is 11.9 Å². The van der Waals surface area contributed by atoms with Crippen molar-refractivity contribution >= 4 is 5.91 Å². The van der Waals surface area contributed by atoms with Gasteiger partial charge >= 0.3 is 0 Å². The van der Waals surface area contributed by atoms with E-state index < -0.39 is 5.95 Å². The van der Waals surface area contributed by atoms with Gasteiger partial charge in [-0.15, -0.1) is 0 Å². The summed E-state index contributed by atoms with van der Waals surface area (Å²) in [6, 6.07) is 8.26. The molecule has 22 heavy (non-hydrogen) atoms. The predicted molar refractivity (Wildman–Crippen MR) is 80.6 cm³/mol. The van der Waals surface area contributed by atoms with Gasteiger partial charge in [-0.05, 0) is 43.0 Å². The minimum absolute atomic E-state index is 0.110. The van der Waals surface area contributed by atoms with E-state index >= 15 is 0 Å². The number of halogens is 1. The summed E-state index contributed by atoms with van der Waals surface area (Å²) in [7, 11) is 0. The van der Waals surface area contributed by atoms with Gasteiger partial charge < -0.3 is 5.32 Å². The maximum Gasteiger partial charge on any atom is 0.253 e. The van der Waals surface area contributed by atoms with E-state index in [9.17, 15) is 9.18 Å². The van der Waals surface area contributed by atoms with E-state index in [2.05, 4.69) is 15.3 Å². The van der Waals surface area contributed by atoms with Crippen molar-refractivity contribution in [1.29, 1.82) is 0 Å². The summed E-state index contributed by atoms with van der Waals surface area (Å²) in [4.78, 5) is 20.3. The molecule has 2 heterocycles. The van der Waals surface area contributed by atoms with Crippen LogP contribution < -0.4 is 5.32 Å². The normalized spacial score (nSPS) is 16.4. The lowest BCUT2D eigenvalue weighted by Crippen LogP contribution is -2.33. The summed E-state index contributed by atoms with van der Waals surface area (Å²) < 4.78 is 12.9. The summed E-state index contributed by atoms with van der Waals surface area (Å²) in [6.45, 7) is 0. The van der Waals surface area contributed by atoms with Crippen LogP contribution in [0.4, 0.5) is 4.39 Å². The molecule has 1 atom stereocenters. The fourth-order valence-corrected chi connectivity index (χ4v) is 3.02. The van der Waals surface area contributed by atoms with Crippen molar-refractivity contribution in [2.45, 2.75) is 31.7 Å². The Labute approximate surface area is 128 Å². The molecule has 2 aromatic heterocycles. The highest BCUT2D eigenvalue weighted by Gasteiger charge is 2.28. The number of nitrogens with one attached hydrogen (secondary N) is 1. The number of pyridine rings is 2. The Morgan fingerprint density at radius 2 is 2.00 bits per heavy atom. The zero-order chi connectivity index (χ0) is 15.4. The Balaban J connectivity index is 1.80. The van der Waals surface area contributed by atoms with Gasteiger partial charge in [-0.2, -0.15) is 4.39 Å². The van der Waals surface area contributed by atoms with Gasteiger partial charge in [0.05, 0.1) is 17.3 Å². The molecule has 1 N–H and O–H groups in total. The molecule has 0 aromatic carbocycles. The van der Waals surface area contributed by atoms with Gasteiger partial charge in [0.2, 0.25) is 5.95 Å². The minimum Gasteiger partial charge on any atom is -0.343 e. The molecule has 3 rings (SSSR count). The first-order chi connectivity index (χ1) is 10.7. The third kappa shape index (κ3) is 3.30. The minimum atomic E-state index is -0.589. The van der Waals surface area contributed by atoms with E-state index in [1.54, 1.807) is 6.20 Å². The average Bonchev–Trinajstić information content (AvgIpc) is 3.08. The third-order valence-corrected chi connectivity index (χ3v) is 4.15. The van der Waals surface area contributed by atoms with E-state index in [0.717, 1.165) is 18.5 Å². The number of carbonyl (C=O) groups excluding carboxylic acids is 1. The summed E-state index contributed by atoms with van der Waals surface area (Å²) >= 11 is 0. The fraction of sp³-hybridized carbons (Fsp3) is 0.353. The molecule has 0 saturated heterocycles. The molecule has 2 aromatic rings. The maximum absolute atomic E-state index is 12.9. The van der Waals surface area contributed by atoms with Crippen molar-refractivity contribution in [3.63, 3.8) is 0 Å². The zero-order valence-electron chi connectivity index (χ0n) is 12.2. The number of aromatic nitrogens is 2. The highest BCUT2D eigenvalue weighted by Crippen LogP contribution is 2.35. The van der Waals surface area contributed by atoms with Crippen LogP contribution in [0.2, 0.25) is 0 Å². The van der Waals surface area contributed by atoms with Crippen LogP contribution in [0.1, 0.15) is 47.8 Å². The maximum atomic E-state index is 12.9. The lowest BCUT2D eigenvalue weighted by molar-refractivity contribution is 0.0920. The lowest BCUT2D eigenvalue weighted by atomic mass is 9.94. The number of amides is 1. The molecule has 1 aliphatic rings. The second-order valence-electron chi connectivity index (χ2n) is 5.62. The van der Waals surface area contributed by atoms with Crippen molar-refractivity contribution in [2.24, 2.45) is 5.92 Å². The molecular formula is C17H18FN3O. The highest BCUT2D eigenvalue weighted by atomic mass is 19.1. The standard InChI is InChI=1S/C17H18FN3O/c18-15-9-8-13(11-20-15)17(22)21-16(12-5-1-2-6-12)14-7-3-4-10-19-14/h3-4,7-12,16H,1-2,5-6H2,(H,21,22)/t16-/m0/s1.